The van der Waals surface area contributed by atoms with E-state index in [0.717, 1.165) is 12.2 Å². The predicted molar refractivity (Wildman–Crippen MR) is 71.9 cm³/mol. The minimum Gasteiger partial charge on any atom is -0.468 e. The van der Waals surface area contributed by atoms with Crippen molar-refractivity contribution in [3.8, 4) is 0 Å². The van der Waals surface area contributed by atoms with Crippen molar-refractivity contribution in [2.75, 3.05) is 32.6 Å². The molecule has 1 N–H and O–H groups in total. The molecule has 1 aromatic rings. The minimum atomic E-state index is -0.402. The molecule has 0 saturated heterocycles. The molecule has 1 heterocycles. The van der Waals surface area contributed by atoms with Crippen LogP contribution in [0.5, 0.6) is 0 Å². The van der Waals surface area contributed by atoms with Crippen molar-refractivity contribution < 1.29 is 14.3 Å². The number of nitrogens with one attached hydrogen (secondary N) is 1. The Hall–Kier alpha value is -2.04. The molecule has 0 aromatic heterocycles. The minimum absolute atomic E-state index is 0.00285. The molecule has 0 radical (unpaired) electrons. The second kappa shape index (κ2) is 5.73. The van der Waals surface area contributed by atoms with Crippen LogP contribution in [-0.4, -0.2) is 44.0 Å². The summed E-state index contributed by atoms with van der Waals surface area (Å²) in [7, 11) is 2.94. The summed E-state index contributed by atoms with van der Waals surface area (Å²) < 4.78 is 4.55. The topological polar surface area (TPSA) is 58.6 Å². The highest BCUT2D eigenvalue weighted by Gasteiger charge is 2.25. The maximum Gasteiger partial charge on any atom is 0.325 e. The summed E-state index contributed by atoms with van der Waals surface area (Å²) in [6.07, 6.45) is 0.400. The Balaban J connectivity index is 1.95. The van der Waals surface area contributed by atoms with E-state index in [1.165, 1.54) is 17.6 Å². The lowest BCUT2D eigenvalue weighted by molar-refractivity contribution is -0.146. The highest BCUT2D eigenvalue weighted by atomic mass is 16.5. The Kier molecular flexibility index (Phi) is 4.04. The molecule has 1 aliphatic heterocycles. The van der Waals surface area contributed by atoms with Crippen molar-refractivity contribution in [1.82, 2.24) is 4.90 Å². The Bertz CT molecular complexity index is 487. The van der Waals surface area contributed by atoms with E-state index in [1.807, 2.05) is 24.3 Å². The smallest absolute Gasteiger partial charge is 0.325 e. The molecule has 0 saturated carbocycles. The maximum atomic E-state index is 12.1. The molecule has 1 atom stereocenters. The van der Waals surface area contributed by atoms with E-state index in [4.69, 9.17) is 0 Å². The number of fused-ring (bicyclic) bond motifs is 1. The van der Waals surface area contributed by atoms with Gasteiger partial charge < -0.3 is 15.0 Å². The number of methoxy groups -OCH3 is 1. The van der Waals surface area contributed by atoms with Crippen LogP contribution in [0.2, 0.25) is 0 Å². The fourth-order valence-electron chi connectivity index (χ4n) is 2.25. The number of amides is 1. The number of hydrogen-bond acceptors (Lipinski definition) is 4. The first-order valence-electron chi connectivity index (χ1n) is 6.25. The van der Waals surface area contributed by atoms with E-state index >= 15 is 0 Å². The Morgan fingerprint density at radius 3 is 2.89 bits per heavy atom. The first-order chi connectivity index (χ1) is 9.11. The summed E-state index contributed by atoms with van der Waals surface area (Å²) in [5.74, 6) is -0.279. The van der Waals surface area contributed by atoms with Gasteiger partial charge >= 0.3 is 5.97 Å². The number of carbonyl (C=O) groups is 2. The molecule has 1 aromatic carbocycles. The first-order valence-corrected chi connectivity index (χ1v) is 6.25. The zero-order valence-electron chi connectivity index (χ0n) is 11.2. The van der Waals surface area contributed by atoms with Crippen LogP contribution in [0.1, 0.15) is 17.9 Å². The van der Waals surface area contributed by atoms with Crippen molar-refractivity contribution in [3.63, 3.8) is 0 Å². The van der Waals surface area contributed by atoms with E-state index in [0.29, 0.717) is 6.42 Å². The van der Waals surface area contributed by atoms with Gasteiger partial charge in [-0.25, -0.2) is 0 Å². The third-order valence-electron chi connectivity index (χ3n) is 3.38. The van der Waals surface area contributed by atoms with Gasteiger partial charge in [-0.2, -0.15) is 0 Å². The lowest BCUT2D eigenvalue weighted by atomic mass is 9.97. The van der Waals surface area contributed by atoms with Crippen molar-refractivity contribution >= 4 is 17.6 Å². The number of ether oxygens (including phenoxy) is 1. The summed E-state index contributed by atoms with van der Waals surface area (Å²) in [6, 6.07) is 7.99. The molecular formula is C14H18N2O3. The van der Waals surface area contributed by atoms with E-state index in [-0.39, 0.29) is 18.4 Å². The average Bonchev–Trinajstić information content (AvgIpc) is 2.82. The summed E-state index contributed by atoms with van der Waals surface area (Å²) in [5, 5.41) is 3.28. The van der Waals surface area contributed by atoms with E-state index in [9.17, 15) is 9.59 Å². The highest BCUT2D eigenvalue weighted by molar-refractivity contribution is 5.82. The summed E-state index contributed by atoms with van der Waals surface area (Å²) in [5.41, 5.74) is 2.26. The van der Waals surface area contributed by atoms with Gasteiger partial charge in [0.05, 0.1) is 7.11 Å². The van der Waals surface area contributed by atoms with Gasteiger partial charge in [0.25, 0.3) is 0 Å². The molecule has 0 fully saturated rings. The van der Waals surface area contributed by atoms with Crippen LogP contribution in [0.4, 0.5) is 5.69 Å². The number of carbonyl (C=O) groups excluding carboxylic acids is 2. The molecule has 5 heteroatoms. The van der Waals surface area contributed by atoms with Crippen molar-refractivity contribution in [2.24, 2.45) is 0 Å². The van der Waals surface area contributed by atoms with Crippen molar-refractivity contribution in [2.45, 2.75) is 12.3 Å². The number of likely N-dealkylation sites (N-methyl/N-ethyl adjacent to an activating group) is 1. The number of nitrogens with zero attached hydrogens (tertiary/aromatic N) is 1. The van der Waals surface area contributed by atoms with Crippen LogP contribution in [0.3, 0.4) is 0 Å². The monoisotopic (exact) mass is 262 g/mol. The fourth-order valence-corrected chi connectivity index (χ4v) is 2.25. The summed E-state index contributed by atoms with van der Waals surface area (Å²) >= 11 is 0. The molecule has 2 rings (SSSR count). The number of hydrogen-bond donors (Lipinski definition) is 1. The van der Waals surface area contributed by atoms with E-state index < -0.39 is 5.97 Å². The van der Waals surface area contributed by atoms with Gasteiger partial charge in [0.15, 0.2) is 0 Å². The van der Waals surface area contributed by atoms with Gasteiger partial charge in [-0.05, 0) is 11.6 Å². The number of para-hydroxylation sites is 1. The molecule has 0 spiro atoms. The number of rotatable bonds is 4. The lowest BCUT2D eigenvalue weighted by Crippen LogP contribution is -2.33. The highest BCUT2D eigenvalue weighted by Crippen LogP contribution is 2.33. The van der Waals surface area contributed by atoms with E-state index in [2.05, 4.69) is 10.1 Å². The molecule has 0 aliphatic carbocycles. The first kappa shape index (κ1) is 13.4. The standard InChI is InChI=1S/C14H18N2O3/c1-16(9-14(18)19-2)13(17)7-10-8-15-12-6-4-3-5-11(10)12/h3-6,10,15H,7-9H2,1-2H3. The quantitative estimate of drug-likeness (QED) is 0.829. The molecule has 102 valence electrons. The zero-order valence-corrected chi connectivity index (χ0v) is 11.2. The lowest BCUT2D eigenvalue weighted by Gasteiger charge is -2.18. The van der Waals surface area contributed by atoms with Gasteiger partial charge in [-0.15, -0.1) is 0 Å². The Labute approximate surface area is 112 Å². The van der Waals surface area contributed by atoms with Crippen LogP contribution in [-0.2, 0) is 14.3 Å². The van der Waals surface area contributed by atoms with Crippen LogP contribution < -0.4 is 5.32 Å². The number of benzene rings is 1. The van der Waals surface area contributed by atoms with Gasteiger partial charge in [0.2, 0.25) is 5.91 Å². The normalized spacial score (nSPS) is 16.4. The van der Waals surface area contributed by atoms with Gasteiger partial charge in [0.1, 0.15) is 6.54 Å². The largest absolute Gasteiger partial charge is 0.468 e. The van der Waals surface area contributed by atoms with Gasteiger partial charge in [-0.3, -0.25) is 9.59 Å². The molecule has 5 nitrogen and oxygen atoms in total. The van der Waals surface area contributed by atoms with E-state index in [1.54, 1.807) is 7.05 Å². The SMILES string of the molecule is COC(=O)CN(C)C(=O)CC1CNc2ccccc21. The van der Waals surface area contributed by atoms with Crippen LogP contribution in [0.25, 0.3) is 0 Å². The zero-order chi connectivity index (χ0) is 13.8. The number of anilines is 1. The third-order valence-corrected chi connectivity index (χ3v) is 3.38. The van der Waals surface area contributed by atoms with Gasteiger partial charge in [0, 0.05) is 31.6 Å². The van der Waals surface area contributed by atoms with Crippen LogP contribution >= 0.6 is 0 Å². The second-order valence-corrected chi connectivity index (χ2v) is 4.70. The second-order valence-electron chi connectivity index (χ2n) is 4.70. The average molecular weight is 262 g/mol. The molecule has 19 heavy (non-hydrogen) atoms. The maximum absolute atomic E-state index is 12.1. The van der Waals surface area contributed by atoms with Crippen LogP contribution in [0, 0.1) is 0 Å². The summed E-state index contributed by atoms with van der Waals surface area (Å²) in [6.45, 7) is 0.758. The molecule has 1 amide bonds. The van der Waals surface area contributed by atoms with Crippen molar-refractivity contribution in [1.29, 1.82) is 0 Å². The predicted octanol–water partition coefficient (Wildman–Crippen LogP) is 1.22. The fraction of sp³-hybridized carbons (Fsp3) is 0.429. The Morgan fingerprint density at radius 1 is 1.42 bits per heavy atom. The van der Waals surface area contributed by atoms with Gasteiger partial charge in [-0.1, -0.05) is 18.2 Å². The molecule has 1 unspecified atom stereocenters. The van der Waals surface area contributed by atoms with Crippen molar-refractivity contribution in [3.05, 3.63) is 29.8 Å². The molecular weight excluding hydrogens is 244 g/mol. The number of esters is 1. The Morgan fingerprint density at radius 2 is 2.16 bits per heavy atom. The van der Waals surface area contributed by atoms with Crippen LogP contribution in [0.15, 0.2) is 24.3 Å². The molecule has 0 bridgehead atoms. The third kappa shape index (κ3) is 3.05. The summed E-state index contributed by atoms with van der Waals surface area (Å²) in [4.78, 5) is 24.6. The molecule has 1 aliphatic rings.